The van der Waals surface area contributed by atoms with Crippen LogP contribution in [0.3, 0.4) is 0 Å². The van der Waals surface area contributed by atoms with Gasteiger partial charge in [-0.1, -0.05) is 0 Å². The Balaban J connectivity index is 1.91. The summed E-state index contributed by atoms with van der Waals surface area (Å²) >= 11 is 0. The van der Waals surface area contributed by atoms with Crippen LogP contribution < -0.4 is 14.8 Å². The van der Waals surface area contributed by atoms with E-state index in [0.29, 0.717) is 0 Å². The van der Waals surface area contributed by atoms with Crippen LogP contribution in [0.15, 0.2) is 24.4 Å². The second-order valence-electron chi connectivity index (χ2n) is 5.00. The van der Waals surface area contributed by atoms with Gasteiger partial charge in [-0.3, -0.25) is 0 Å². The van der Waals surface area contributed by atoms with E-state index in [1.54, 1.807) is 6.20 Å². The van der Waals surface area contributed by atoms with Gasteiger partial charge in [-0.2, -0.15) is 0 Å². The molecular formula is C15H18N2O3. The number of fused-ring (bicyclic) bond motifs is 2. The van der Waals surface area contributed by atoms with Crippen LogP contribution in [-0.2, 0) is 0 Å². The SMILES string of the molecule is CC(CCCO)Nc1nccc2cc3c(cc12)OCO3. The predicted molar refractivity (Wildman–Crippen MR) is 77.3 cm³/mol. The second-order valence-corrected chi connectivity index (χ2v) is 5.00. The molecule has 5 heteroatoms. The Kier molecular flexibility index (Phi) is 3.60. The lowest BCUT2D eigenvalue weighted by Crippen LogP contribution is -2.16. The zero-order valence-electron chi connectivity index (χ0n) is 11.4. The van der Waals surface area contributed by atoms with Gasteiger partial charge >= 0.3 is 0 Å². The topological polar surface area (TPSA) is 63.6 Å². The standard InChI is InChI=1S/C15H18N2O3/c1-10(3-2-6-18)17-15-12-8-14-13(19-9-20-14)7-11(12)4-5-16-15/h4-5,7-8,10,18H,2-3,6,9H2,1H3,(H,16,17). The molecule has 1 unspecified atom stereocenters. The van der Waals surface area contributed by atoms with E-state index in [2.05, 4.69) is 17.2 Å². The fourth-order valence-corrected chi connectivity index (χ4v) is 2.38. The van der Waals surface area contributed by atoms with E-state index in [4.69, 9.17) is 14.6 Å². The molecule has 1 aliphatic rings. The fraction of sp³-hybridized carbons (Fsp3) is 0.400. The number of rotatable bonds is 5. The number of aromatic nitrogens is 1. The van der Waals surface area contributed by atoms with E-state index >= 15 is 0 Å². The Hall–Kier alpha value is -2.01. The summed E-state index contributed by atoms with van der Waals surface area (Å²) < 4.78 is 10.8. The van der Waals surface area contributed by atoms with Crippen molar-refractivity contribution in [2.24, 2.45) is 0 Å². The number of hydrogen-bond acceptors (Lipinski definition) is 5. The average molecular weight is 274 g/mol. The third-order valence-corrected chi connectivity index (χ3v) is 3.44. The maximum Gasteiger partial charge on any atom is 0.231 e. The van der Waals surface area contributed by atoms with Crippen molar-refractivity contribution in [2.75, 3.05) is 18.7 Å². The molecule has 0 aliphatic carbocycles. The molecule has 0 radical (unpaired) electrons. The highest BCUT2D eigenvalue weighted by Gasteiger charge is 2.16. The normalized spacial score (nSPS) is 14.5. The molecule has 5 nitrogen and oxygen atoms in total. The van der Waals surface area contributed by atoms with Crippen molar-refractivity contribution in [1.29, 1.82) is 0 Å². The summed E-state index contributed by atoms with van der Waals surface area (Å²) in [5, 5.41) is 14.4. The molecule has 1 aliphatic heterocycles. The number of benzene rings is 1. The fourth-order valence-electron chi connectivity index (χ4n) is 2.38. The third-order valence-electron chi connectivity index (χ3n) is 3.44. The Morgan fingerprint density at radius 1 is 1.35 bits per heavy atom. The predicted octanol–water partition coefficient (Wildman–Crippen LogP) is 2.54. The summed E-state index contributed by atoms with van der Waals surface area (Å²) in [6.45, 7) is 2.57. The van der Waals surface area contributed by atoms with E-state index in [1.165, 1.54) is 0 Å². The van der Waals surface area contributed by atoms with Gasteiger partial charge in [0.05, 0.1) is 0 Å². The number of pyridine rings is 1. The molecule has 0 fully saturated rings. The maximum atomic E-state index is 8.88. The largest absolute Gasteiger partial charge is 0.454 e. The molecular weight excluding hydrogens is 256 g/mol. The van der Waals surface area contributed by atoms with Crippen LogP contribution in [0.2, 0.25) is 0 Å². The molecule has 1 aromatic carbocycles. The number of aliphatic hydroxyl groups excluding tert-OH is 1. The van der Waals surface area contributed by atoms with Crippen LogP contribution in [0, 0.1) is 0 Å². The van der Waals surface area contributed by atoms with Crippen molar-refractivity contribution in [1.82, 2.24) is 4.98 Å². The van der Waals surface area contributed by atoms with Gasteiger partial charge in [0.25, 0.3) is 0 Å². The van der Waals surface area contributed by atoms with E-state index in [0.717, 1.165) is 40.9 Å². The van der Waals surface area contributed by atoms with Gasteiger partial charge in [-0.25, -0.2) is 4.98 Å². The summed E-state index contributed by atoms with van der Waals surface area (Å²) in [4.78, 5) is 4.41. The van der Waals surface area contributed by atoms with Crippen molar-refractivity contribution in [3.8, 4) is 11.5 Å². The lowest BCUT2D eigenvalue weighted by molar-refractivity contribution is 0.174. The third kappa shape index (κ3) is 2.49. The van der Waals surface area contributed by atoms with Crippen molar-refractivity contribution >= 4 is 16.6 Å². The molecule has 0 spiro atoms. The van der Waals surface area contributed by atoms with Gasteiger partial charge in [0.1, 0.15) is 5.82 Å². The zero-order chi connectivity index (χ0) is 13.9. The number of nitrogens with one attached hydrogen (secondary N) is 1. The van der Waals surface area contributed by atoms with Gasteiger partial charge in [-0.15, -0.1) is 0 Å². The second kappa shape index (κ2) is 5.54. The van der Waals surface area contributed by atoms with Crippen LogP contribution in [0.4, 0.5) is 5.82 Å². The number of hydrogen-bond donors (Lipinski definition) is 2. The van der Waals surface area contributed by atoms with Crippen molar-refractivity contribution in [2.45, 2.75) is 25.8 Å². The lowest BCUT2D eigenvalue weighted by Gasteiger charge is -2.15. The molecule has 0 saturated heterocycles. The molecule has 0 amide bonds. The van der Waals surface area contributed by atoms with Crippen LogP contribution in [0.5, 0.6) is 11.5 Å². The summed E-state index contributed by atoms with van der Waals surface area (Å²) in [6.07, 6.45) is 3.47. The summed E-state index contributed by atoms with van der Waals surface area (Å²) in [5.74, 6) is 2.38. The first kappa shape index (κ1) is 13.0. The van der Waals surface area contributed by atoms with Crippen LogP contribution in [-0.4, -0.2) is 29.5 Å². The maximum absolute atomic E-state index is 8.88. The smallest absolute Gasteiger partial charge is 0.231 e. The van der Waals surface area contributed by atoms with E-state index in [-0.39, 0.29) is 19.4 Å². The summed E-state index contributed by atoms with van der Waals surface area (Å²) in [5.41, 5.74) is 0. The van der Waals surface area contributed by atoms with Crippen LogP contribution in [0.25, 0.3) is 10.8 Å². The van der Waals surface area contributed by atoms with Crippen LogP contribution >= 0.6 is 0 Å². The minimum atomic E-state index is 0.216. The molecule has 1 aromatic heterocycles. The first-order valence-corrected chi connectivity index (χ1v) is 6.83. The molecule has 3 rings (SSSR count). The minimum absolute atomic E-state index is 0.216. The zero-order valence-corrected chi connectivity index (χ0v) is 11.4. The molecule has 0 saturated carbocycles. The van der Waals surface area contributed by atoms with E-state index in [1.807, 2.05) is 18.2 Å². The van der Waals surface area contributed by atoms with Gasteiger partial charge in [0, 0.05) is 24.2 Å². The first-order valence-electron chi connectivity index (χ1n) is 6.83. The Morgan fingerprint density at radius 2 is 2.15 bits per heavy atom. The summed E-state index contributed by atoms with van der Waals surface area (Å²) in [7, 11) is 0. The molecule has 2 heterocycles. The van der Waals surface area contributed by atoms with Gasteiger partial charge in [0.15, 0.2) is 11.5 Å². The highest BCUT2D eigenvalue weighted by atomic mass is 16.7. The number of ether oxygens (including phenoxy) is 2. The van der Waals surface area contributed by atoms with Crippen molar-refractivity contribution in [3.05, 3.63) is 24.4 Å². The van der Waals surface area contributed by atoms with E-state index < -0.39 is 0 Å². The van der Waals surface area contributed by atoms with Crippen molar-refractivity contribution in [3.63, 3.8) is 0 Å². The number of anilines is 1. The van der Waals surface area contributed by atoms with Crippen molar-refractivity contribution < 1.29 is 14.6 Å². The van der Waals surface area contributed by atoms with Gasteiger partial charge in [-0.05, 0) is 43.4 Å². The Labute approximate surface area is 117 Å². The molecule has 2 aromatic rings. The number of nitrogens with zero attached hydrogens (tertiary/aromatic N) is 1. The molecule has 2 N–H and O–H groups in total. The van der Waals surface area contributed by atoms with Gasteiger partial charge in [0.2, 0.25) is 6.79 Å². The average Bonchev–Trinajstić information content (AvgIpc) is 2.90. The monoisotopic (exact) mass is 274 g/mol. The molecule has 20 heavy (non-hydrogen) atoms. The highest BCUT2D eigenvalue weighted by Crippen LogP contribution is 2.37. The molecule has 106 valence electrons. The molecule has 0 bridgehead atoms. The van der Waals surface area contributed by atoms with E-state index in [9.17, 15) is 0 Å². The lowest BCUT2D eigenvalue weighted by atomic mass is 10.1. The molecule has 1 atom stereocenters. The highest BCUT2D eigenvalue weighted by molar-refractivity contribution is 5.94. The quantitative estimate of drug-likeness (QED) is 0.877. The minimum Gasteiger partial charge on any atom is -0.454 e. The van der Waals surface area contributed by atoms with Gasteiger partial charge < -0.3 is 19.9 Å². The number of aliphatic hydroxyl groups is 1. The summed E-state index contributed by atoms with van der Waals surface area (Å²) in [6, 6.07) is 6.15. The Bertz CT molecular complexity index is 615. The Morgan fingerprint density at radius 3 is 2.95 bits per heavy atom. The first-order chi connectivity index (χ1) is 9.78. The van der Waals surface area contributed by atoms with Crippen LogP contribution in [0.1, 0.15) is 19.8 Å².